The van der Waals surface area contributed by atoms with Gasteiger partial charge in [0, 0.05) is 35.9 Å². The number of esters is 1. The highest BCUT2D eigenvalue weighted by atomic mass is 79.9. The van der Waals surface area contributed by atoms with Crippen LogP contribution in [0.25, 0.3) is 22.2 Å². The number of halogens is 1. The highest BCUT2D eigenvalue weighted by molar-refractivity contribution is 9.10. The summed E-state index contributed by atoms with van der Waals surface area (Å²) in [5.74, 6) is 0.0373. The molecule has 1 atom stereocenters. The second-order valence-electron chi connectivity index (χ2n) is 8.30. The molecule has 1 aromatic heterocycles. The fourth-order valence-corrected chi connectivity index (χ4v) is 4.67. The Labute approximate surface area is 221 Å². The van der Waals surface area contributed by atoms with Crippen molar-refractivity contribution in [2.75, 3.05) is 7.11 Å². The largest absolute Gasteiger partial charge is 0.493 e. The molecule has 0 saturated carbocycles. The first-order valence-corrected chi connectivity index (χ1v) is 12.2. The summed E-state index contributed by atoms with van der Waals surface area (Å²) < 4.78 is 17.5. The van der Waals surface area contributed by atoms with Crippen molar-refractivity contribution in [3.05, 3.63) is 88.4 Å². The summed E-state index contributed by atoms with van der Waals surface area (Å²) in [6.45, 7) is 2.72. The third kappa shape index (κ3) is 4.77. The van der Waals surface area contributed by atoms with Crippen LogP contribution in [-0.2, 0) is 14.3 Å². The van der Waals surface area contributed by atoms with Gasteiger partial charge in [0.15, 0.2) is 11.5 Å². The van der Waals surface area contributed by atoms with Crippen molar-refractivity contribution in [2.24, 2.45) is 5.10 Å². The molecule has 37 heavy (non-hydrogen) atoms. The number of amides is 1. The summed E-state index contributed by atoms with van der Waals surface area (Å²) in [5, 5.41) is 6.68. The van der Waals surface area contributed by atoms with Gasteiger partial charge >= 0.3 is 5.97 Å². The molecule has 3 aromatic carbocycles. The molecule has 0 bridgehead atoms. The van der Waals surface area contributed by atoms with Gasteiger partial charge in [-0.05, 0) is 40.2 Å². The fraction of sp³-hybridized carbons (Fsp3) is 0.143. The Hall–Kier alpha value is -4.24. The lowest BCUT2D eigenvalue weighted by Crippen LogP contribution is -2.25. The Morgan fingerprint density at radius 2 is 1.73 bits per heavy atom. The third-order valence-electron chi connectivity index (χ3n) is 5.77. The van der Waals surface area contributed by atoms with Gasteiger partial charge in [-0.3, -0.25) is 9.59 Å². The number of methoxy groups -OCH3 is 1. The van der Waals surface area contributed by atoms with Gasteiger partial charge in [0.2, 0.25) is 18.0 Å². The number of carbonyl (C=O) groups excluding carboxylic acids is 2. The number of carbonyl (C=O) groups is 2. The molecule has 0 spiro atoms. The number of ether oxygens (including phenoxy) is 3. The number of hydrogen-bond donors (Lipinski definition) is 0. The number of pyridine rings is 1. The minimum absolute atomic E-state index is 0.236. The molecule has 186 valence electrons. The topological polar surface area (TPSA) is 90.3 Å². The van der Waals surface area contributed by atoms with Crippen molar-refractivity contribution in [1.29, 1.82) is 0 Å². The van der Waals surface area contributed by atoms with Crippen molar-refractivity contribution in [3.63, 3.8) is 0 Å². The summed E-state index contributed by atoms with van der Waals surface area (Å²) in [6, 6.07) is 22.8. The van der Waals surface area contributed by atoms with Gasteiger partial charge in [0.05, 0.1) is 22.8 Å². The minimum Gasteiger partial charge on any atom is -0.493 e. The van der Waals surface area contributed by atoms with Gasteiger partial charge in [0.1, 0.15) is 0 Å². The molecule has 0 aliphatic carbocycles. The van der Waals surface area contributed by atoms with Gasteiger partial charge in [-0.2, -0.15) is 5.01 Å². The number of nitrogens with zero attached hydrogens (tertiary/aromatic N) is 3. The van der Waals surface area contributed by atoms with Gasteiger partial charge < -0.3 is 14.2 Å². The van der Waals surface area contributed by atoms with E-state index in [1.807, 2.05) is 60.7 Å². The molecule has 8 nitrogen and oxygen atoms in total. The lowest BCUT2D eigenvalue weighted by molar-refractivity contribution is -0.135. The average Bonchev–Trinajstić information content (AvgIpc) is 3.35. The van der Waals surface area contributed by atoms with Crippen LogP contribution in [0.5, 0.6) is 11.5 Å². The van der Waals surface area contributed by atoms with Crippen molar-refractivity contribution in [2.45, 2.75) is 20.1 Å². The summed E-state index contributed by atoms with van der Waals surface area (Å²) in [5.41, 5.74) is 3.77. The van der Waals surface area contributed by atoms with E-state index in [9.17, 15) is 9.59 Å². The molecule has 1 aliphatic heterocycles. The summed E-state index contributed by atoms with van der Waals surface area (Å²) in [7, 11) is 1.47. The smallest absolute Gasteiger partial charge is 0.308 e. The fourth-order valence-electron chi connectivity index (χ4n) is 4.13. The number of fused-ring (bicyclic) bond motifs is 1. The van der Waals surface area contributed by atoms with E-state index in [0.29, 0.717) is 21.3 Å². The van der Waals surface area contributed by atoms with Crippen molar-refractivity contribution in [1.82, 2.24) is 9.99 Å². The van der Waals surface area contributed by atoms with Crippen molar-refractivity contribution in [3.8, 4) is 22.8 Å². The zero-order valence-corrected chi connectivity index (χ0v) is 21.9. The van der Waals surface area contributed by atoms with Crippen LogP contribution in [0.2, 0.25) is 0 Å². The van der Waals surface area contributed by atoms with E-state index in [1.54, 1.807) is 12.1 Å². The lowest BCUT2D eigenvalue weighted by Gasteiger charge is -2.21. The number of benzene rings is 3. The Kier molecular flexibility index (Phi) is 6.62. The summed E-state index contributed by atoms with van der Waals surface area (Å²) in [6.07, 6.45) is -0.865. The normalized spacial score (nSPS) is 14.8. The first kappa shape index (κ1) is 24.5. The lowest BCUT2D eigenvalue weighted by atomic mass is 10.0. The zero-order valence-electron chi connectivity index (χ0n) is 20.3. The molecule has 0 N–H and O–H groups in total. The van der Waals surface area contributed by atoms with Crippen LogP contribution in [0, 0.1) is 0 Å². The molecule has 9 heteroatoms. The van der Waals surface area contributed by atoms with E-state index in [1.165, 1.54) is 26.0 Å². The SMILES string of the molecule is COc1cc(C2OC(c3cc(-c4ccccc4)nc4ccccc34)=NN2C(C)=O)cc(Br)c1OC(C)=O. The molecule has 5 rings (SSSR count). The molecule has 1 aliphatic rings. The number of hydrogen-bond acceptors (Lipinski definition) is 7. The molecular formula is C28H22BrN3O5. The van der Waals surface area contributed by atoms with E-state index in [-0.39, 0.29) is 17.6 Å². The maximum atomic E-state index is 12.6. The standard InChI is InChI=1S/C28H22BrN3O5/c1-16(33)32-28(19-13-22(29)26(36-17(2)34)25(14-19)35-3)37-27(31-32)21-15-24(18-9-5-4-6-10-18)30-23-12-8-7-11-20(21)23/h4-15,28H,1-3H3. The minimum atomic E-state index is -0.865. The van der Waals surface area contributed by atoms with Crippen LogP contribution < -0.4 is 9.47 Å². The number of hydrazone groups is 1. The van der Waals surface area contributed by atoms with Crippen molar-refractivity contribution >= 4 is 44.6 Å². The second kappa shape index (κ2) is 10.0. The van der Waals surface area contributed by atoms with Crippen LogP contribution in [0.4, 0.5) is 0 Å². The van der Waals surface area contributed by atoms with E-state index in [0.717, 1.165) is 22.2 Å². The predicted octanol–water partition coefficient (Wildman–Crippen LogP) is 5.84. The molecular weight excluding hydrogens is 538 g/mol. The van der Waals surface area contributed by atoms with E-state index in [2.05, 4.69) is 21.0 Å². The van der Waals surface area contributed by atoms with Crippen LogP contribution >= 0.6 is 15.9 Å². The monoisotopic (exact) mass is 559 g/mol. The van der Waals surface area contributed by atoms with Gasteiger partial charge in [-0.15, -0.1) is 5.10 Å². The quantitative estimate of drug-likeness (QED) is 0.225. The highest BCUT2D eigenvalue weighted by Gasteiger charge is 2.35. The molecule has 0 radical (unpaired) electrons. The van der Waals surface area contributed by atoms with Crippen LogP contribution in [0.15, 0.2) is 82.4 Å². The van der Waals surface area contributed by atoms with Crippen LogP contribution in [0.3, 0.4) is 0 Å². The number of rotatable bonds is 5. The van der Waals surface area contributed by atoms with Crippen LogP contribution in [0.1, 0.15) is 31.2 Å². The molecule has 0 fully saturated rings. The van der Waals surface area contributed by atoms with E-state index in [4.69, 9.17) is 19.2 Å². The molecule has 4 aromatic rings. The molecule has 1 unspecified atom stereocenters. The summed E-state index contributed by atoms with van der Waals surface area (Å²) in [4.78, 5) is 29.0. The van der Waals surface area contributed by atoms with Gasteiger partial charge in [-0.1, -0.05) is 48.5 Å². The molecule has 1 amide bonds. The first-order valence-electron chi connectivity index (χ1n) is 11.4. The average molecular weight is 560 g/mol. The third-order valence-corrected chi connectivity index (χ3v) is 6.35. The van der Waals surface area contributed by atoms with Gasteiger partial charge in [-0.25, -0.2) is 4.98 Å². The highest BCUT2D eigenvalue weighted by Crippen LogP contribution is 2.41. The number of aromatic nitrogens is 1. The predicted molar refractivity (Wildman–Crippen MR) is 142 cm³/mol. The van der Waals surface area contributed by atoms with E-state index < -0.39 is 12.2 Å². The second-order valence-corrected chi connectivity index (χ2v) is 9.16. The summed E-state index contributed by atoms with van der Waals surface area (Å²) >= 11 is 3.44. The Balaban J connectivity index is 1.60. The van der Waals surface area contributed by atoms with Crippen molar-refractivity contribution < 1.29 is 23.8 Å². The zero-order chi connectivity index (χ0) is 26.1. The Morgan fingerprint density at radius 3 is 2.43 bits per heavy atom. The van der Waals surface area contributed by atoms with Gasteiger partial charge in [0.25, 0.3) is 0 Å². The maximum absolute atomic E-state index is 12.6. The first-order chi connectivity index (χ1) is 17.9. The molecule has 2 heterocycles. The Morgan fingerprint density at radius 1 is 1.00 bits per heavy atom. The number of para-hydroxylation sites is 1. The maximum Gasteiger partial charge on any atom is 0.308 e. The molecule has 0 saturated heterocycles. The van der Waals surface area contributed by atoms with E-state index >= 15 is 0 Å². The Bertz CT molecular complexity index is 1550. The van der Waals surface area contributed by atoms with Crippen LogP contribution in [-0.4, -0.2) is 34.9 Å².